The van der Waals surface area contributed by atoms with Gasteiger partial charge in [-0.1, -0.05) is 12.1 Å². The first-order valence-electron chi connectivity index (χ1n) is 8.08. The van der Waals surface area contributed by atoms with E-state index >= 15 is 0 Å². The van der Waals surface area contributed by atoms with Crippen LogP contribution >= 0.6 is 0 Å². The van der Waals surface area contributed by atoms with Gasteiger partial charge in [0.1, 0.15) is 5.82 Å². The van der Waals surface area contributed by atoms with Crippen LogP contribution in [-0.2, 0) is 13.1 Å². The first-order chi connectivity index (χ1) is 12.4. The van der Waals surface area contributed by atoms with Gasteiger partial charge in [-0.3, -0.25) is 9.13 Å². The van der Waals surface area contributed by atoms with Gasteiger partial charge in [-0.2, -0.15) is 0 Å². The lowest BCUT2D eigenvalue weighted by molar-refractivity contribution is 0.0696. The number of carbonyl (C=O) groups is 1. The Kier molecular flexibility index (Phi) is 4.85. The lowest BCUT2D eigenvalue weighted by Gasteiger charge is -2.09. The number of likely N-dealkylation sites (N-methyl/N-ethyl adjacent to an activating group) is 1. The summed E-state index contributed by atoms with van der Waals surface area (Å²) in [4.78, 5) is 30.3. The summed E-state index contributed by atoms with van der Waals surface area (Å²) in [6, 6.07) is 7.35. The quantitative estimate of drug-likeness (QED) is 0.725. The number of aromatic nitrogens is 3. The van der Waals surface area contributed by atoms with Gasteiger partial charge in [0, 0.05) is 19.3 Å². The van der Waals surface area contributed by atoms with Crippen molar-refractivity contribution in [3.8, 4) is 0 Å². The Hall–Kier alpha value is -3.00. The fourth-order valence-electron chi connectivity index (χ4n) is 2.74. The number of hydrogen-bond donors (Lipinski definition) is 1. The van der Waals surface area contributed by atoms with Gasteiger partial charge in [-0.05, 0) is 37.9 Å². The van der Waals surface area contributed by atoms with Crippen molar-refractivity contribution in [1.82, 2.24) is 19.0 Å². The molecule has 136 valence electrons. The number of hydrogen-bond acceptors (Lipinski definition) is 4. The number of nitrogens with zero attached hydrogens (tertiary/aromatic N) is 4. The van der Waals surface area contributed by atoms with Gasteiger partial charge in [0.25, 0.3) is 0 Å². The first-order valence-corrected chi connectivity index (χ1v) is 8.08. The number of imidazole rings is 1. The molecule has 0 fully saturated rings. The molecule has 0 saturated carbocycles. The van der Waals surface area contributed by atoms with E-state index in [1.807, 2.05) is 19.0 Å². The molecule has 3 aromatic rings. The van der Waals surface area contributed by atoms with Crippen LogP contribution in [0.1, 0.15) is 15.9 Å². The van der Waals surface area contributed by atoms with Crippen LogP contribution in [0.15, 0.2) is 41.3 Å². The molecule has 2 aromatic heterocycles. The minimum Gasteiger partial charge on any atom is -0.478 e. The Labute approximate surface area is 148 Å². The predicted octanol–water partition coefficient (Wildman–Crippen LogP) is 1.65. The molecular weight excluding hydrogens is 339 g/mol. The Morgan fingerprint density at radius 1 is 1.23 bits per heavy atom. The zero-order valence-electron chi connectivity index (χ0n) is 14.5. The number of halogens is 1. The minimum atomic E-state index is -1.10. The monoisotopic (exact) mass is 358 g/mol. The molecule has 0 spiro atoms. The van der Waals surface area contributed by atoms with E-state index in [1.165, 1.54) is 33.5 Å². The maximum absolute atomic E-state index is 13.1. The van der Waals surface area contributed by atoms with E-state index in [9.17, 15) is 19.1 Å². The lowest BCUT2D eigenvalue weighted by Crippen LogP contribution is -2.28. The molecule has 0 saturated heterocycles. The van der Waals surface area contributed by atoms with Gasteiger partial charge in [-0.25, -0.2) is 19.0 Å². The van der Waals surface area contributed by atoms with Crippen molar-refractivity contribution in [3.63, 3.8) is 0 Å². The second kappa shape index (κ2) is 7.09. The van der Waals surface area contributed by atoms with Crippen molar-refractivity contribution in [2.24, 2.45) is 0 Å². The maximum Gasteiger partial charge on any atom is 0.337 e. The summed E-state index contributed by atoms with van der Waals surface area (Å²) >= 11 is 0. The number of rotatable bonds is 6. The van der Waals surface area contributed by atoms with Crippen LogP contribution in [0.4, 0.5) is 4.39 Å². The zero-order chi connectivity index (χ0) is 18.8. The summed E-state index contributed by atoms with van der Waals surface area (Å²) in [6.07, 6.45) is 1.24. The largest absolute Gasteiger partial charge is 0.478 e. The van der Waals surface area contributed by atoms with Crippen LogP contribution < -0.4 is 5.69 Å². The van der Waals surface area contributed by atoms with E-state index in [4.69, 9.17) is 0 Å². The third-order valence-corrected chi connectivity index (χ3v) is 4.13. The smallest absolute Gasteiger partial charge is 0.337 e. The Morgan fingerprint density at radius 3 is 2.54 bits per heavy atom. The highest BCUT2D eigenvalue weighted by Crippen LogP contribution is 2.15. The summed E-state index contributed by atoms with van der Waals surface area (Å²) in [5.74, 6) is -1.45. The number of benzene rings is 1. The molecule has 0 amide bonds. The Bertz CT molecular complexity index is 1010. The van der Waals surface area contributed by atoms with E-state index in [0.29, 0.717) is 24.3 Å². The number of aromatic carboxylic acids is 1. The van der Waals surface area contributed by atoms with Crippen molar-refractivity contribution < 1.29 is 14.3 Å². The lowest BCUT2D eigenvalue weighted by atomic mass is 10.2. The molecule has 0 unspecified atom stereocenters. The van der Waals surface area contributed by atoms with Gasteiger partial charge in [0.15, 0.2) is 5.65 Å². The van der Waals surface area contributed by atoms with Gasteiger partial charge in [0.05, 0.1) is 17.6 Å². The van der Waals surface area contributed by atoms with Gasteiger partial charge in [0.2, 0.25) is 0 Å². The molecule has 0 aliphatic rings. The van der Waals surface area contributed by atoms with Crippen LogP contribution in [0.3, 0.4) is 0 Å². The average molecular weight is 358 g/mol. The number of carboxylic acid groups (broad SMARTS) is 1. The first kappa shape index (κ1) is 17.8. The van der Waals surface area contributed by atoms with E-state index in [2.05, 4.69) is 4.98 Å². The summed E-state index contributed by atoms with van der Waals surface area (Å²) in [6.45, 7) is 1.25. The molecule has 0 bridgehead atoms. The number of carboxylic acids is 1. The average Bonchev–Trinajstić information content (AvgIpc) is 2.86. The highest BCUT2D eigenvalue weighted by Gasteiger charge is 2.17. The van der Waals surface area contributed by atoms with E-state index in [0.717, 1.165) is 5.56 Å². The highest BCUT2D eigenvalue weighted by atomic mass is 19.1. The molecule has 0 aliphatic heterocycles. The third-order valence-electron chi connectivity index (χ3n) is 4.13. The third kappa shape index (κ3) is 3.50. The van der Waals surface area contributed by atoms with Crippen molar-refractivity contribution in [2.75, 3.05) is 20.6 Å². The van der Waals surface area contributed by atoms with E-state index < -0.39 is 5.97 Å². The normalized spacial score (nSPS) is 11.4. The Balaban J connectivity index is 2.12. The molecule has 0 atom stereocenters. The molecular formula is C18H19FN4O3. The van der Waals surface area contributed by atoms with Crippen LogP contribution in [0, 0.1) is 5.82 Å². The molecule has 0 radical (unpaired) electrons. The van der Waals surface area contributed by atoms with Crippen molar-refractivity contribution in [1.29, 1.82) is 0 Å². The summed E-state index contributed by atoms with van der Waals surface area (Å²) in [7, 11) is 3.79. The maximum atomic E-state index is 13.1. The van der Waals surface area contributed by atoms with Crippen LogP contribution in [0.2, 0.25) is 0 Å². The second-order valence-corrected chi connectivity index (χ2v) is 6.32. The topological polar surface area (TPSA) is 80.4 Å². The van der Waals surface area contributed by atoms with Crippen molar-refractivity contribution in [3.05, 3.63) is 64.0 Å². The second-order valence-electron chi connectivity index (χ2n) is 6.32. The van der Waals surface area contributed by atoms with Crippen LogP contribution in [0.25, 0.3) is 11.2 Å². The van der Waals surface area contributed by atoms with Crippen molar-refractivity contribution in [2.45, 2.75) is 13.1 Å². The number of pyridine rings is 1. The highest BCUT2D eigenvalue weighted by molar-refractivity contribution is 5.91. The molecule has 3 rings (SSSR count). The van der Waals surface area contributed by atoms with Gasteiger partial charge in [-0.15, -0.1) is 0 Å². The zero-order valence-corrected chi connectivity index (χ0v) is 14.5. The van der Waals surface area contributed by atoms with Crippen molar-refractivity contribution >= 4 is 17.1 Å². The summed E-state index contributed by atoms with van der Waals surface area (Å²) in [5.41, 5.74) is 1.38. The molecule has 1 aromatic carbocycles. The summed E-state index contributed by atoms with van der Waals surface area (Å²) in [5, 5.41) is 9.21. The minimum absolute atomic E-state index is 0.0232. The summed E-state index contributed by atoms with van der Waals surface area (Å²) < 4.78 is 16.1. The van der Waals surface area contributed by atoms with Gasteiger partial charge < -0.3 is 10.0 Å². The standard InChI is InChI=1S/C18H19FN4O3/c1-21(2)7-8-22-15-9-13(17(24)25)10-20-16(15)23(18(22)26)11-12-3-5-14(19)6-4-12/h3-6,9-10H,7-8,11H2,1-2H3,(H,24,25). The SMILES string of the molecule is CN(C)CCn1c(=O)n(Cc2ccc(F)cc2)c2ncc(C(=O)O)cc21. The molecule has 8 heteroatoms. The van der Waals surface area contributed by atoms with Gasteiger partial charge >= 0.3 is 11.7 Å². The molecule has 1 N–H and O–H groups in total. The molecule has 7 nitrogen and oxygen atoms in total. The molecule has 2 heterocycles. The molecule has 26 heavy (non-hydrogen) atoms. The number of fused-ring (bicyclic) bond motifs is 1. The molecule has 0 aliphatic carbocycles. The van der Waals surface area contributed by atoms with E-state index in [-0.39, 0.29) is 23.6 Å². The predicted molar refractivity (Wildman–Crippen MR) is 95.0 cm³/mol. The fraction of sp³-hybridized carbons (Fsp3) is 0.278. The Morgan fingerprint density at radius 2 is 1.92 bits per heavy atom. The van der Waals surface area contributed by atoms with E-state index in [1.54, 1.807) is 12.1 Å². The van der Waals surface area contributed by atoms with Crippen LogP contribution in [-0.4, -0.2) is 50.7 Å². The fourth-order valence-corrected chi connectivity index (χ4v) is 2.74. The van der Waals surface area contributed by atoms with Crippen LogP contribution in [0.5, 0.6) is 0 Å².